The summed E-state index contributed by atoms with van der Waals surface area (Å²) in [5, 5.41) is 15.1. The van der Waals surface area contributed by atoms with E-state index in [0.29, 0.717) is 13.0 Å². The van der Waals surface area contributed by atoms with E-state index in [1.54, 1.807) is 12.5 Å². The fourth-order valence-electron chi connectivity index (χ4n) is 2.20. The summed E-state index contributed by atoms with van der Waals surface area (Å²) >= 11 is 0. The van der Waals surface area contributed by atoms with Crippen molar-refractivity contribution in [3.63, 3.8) is 0 Å². The maximum absolute atomic E-state index is 11.8. The molecule has 0 spiro atoms. The van der Waals surface area contributed by atoms with Gasteiger partial charge in [0, 0.05) is 25.5 Å². The molecule has 0 aliphatic heterocycles. The lowest BCUT2D eigenvalue weighted by molar-refractivity contribution is 0.160. The Bertz CT molecular complexity index is 584. The molecule has 0 radical (unpaired) electrons. The Labute approximate surface area is 130 Å². The molecule has 2 rings (SSSR count). The van der Waals surface area contributed by atoms with Crippen LogP contribution in [0, 0.1) is 0 Å². The Morgan fingerprint density at radius 1 is 1.36 bits per heavy atom. The summed E-state index contributed by atoms with van der Waals surface area (Å²) in [6.07, 6.45) is 6.38. The number of imidazole rings is 1. The van der Waals surface area contributed by atoms with Gasteiger partial charge < -0.3 is 20.3 Å². The van der Waals surface area contributed by atoms with Gasteiger partial charge in [-0.3, -0.25) is 0 Å². The van der Waals surface area contributed by atoms with Crippen LogP contribution in [0.3, 0.4) is 0 Å². The Morgan fingerprint density at radius 2 is 2.18 bits per heavy atom. The van der Waals surface area contributed by atoms with Gasteiger partial charge in [-0.25, -0.2) is 9.78 Å². The zero-order valence-electron chi connectivity index (χ0n) is 12.7. The molecule has 0 fully saturated rings. The number of carbonyl (C=O) groups excluding carboxylic acids is 1. The van der Waals surface area contributed by atoms with Gasteiger partial charge in [-0.05, 0) is 18.1 Å². The van der Waals surface area contributed by atoms with Gasteiger partial charge in [0.25, 0.3) is 0 Å². The largest absolute Gasteiger partial charge is 0.391 e. The van der Waals surface area contributed by atoms with Crippen molar-refractivity contribution in [1.82, 2.24) is 20.2 Å². The van der Waals surface area contributed by atoms with Crippen LogP contribution < -0.4 is 10.6 Å². The Kier molecular flexibility index (Phi) is 5.97. The second kappa shape index (κ2) is 8.19. The average molecular weight is 302 g/mol. The van der Waals surface area contributed by atoms with E-state index < -0.39 is 6.10 Å². The summed E-state index contributed by atoms with van der Waals surface area (Å²) < 4.78 is 1.90. The first kappa shape index (κ1) is 16.0. The van der Waals surface area contributed by atoms with Crippen molar-refractivity contribution in [3.05, 3.63) is 48.5 Å². The molecule has 0 saturated carbocycles. The molecule has 1 aromatic carbocycles. The molecule has 6 nitrogen and oxygen atoms in total. The van der Waals surface area contributed by atoms with Crippen molar-refractivity contribution in [1.29, 1.82) is 0 Å². The predicted molar refractivity (Wildman–Crippen MR) is 84.7 cm³/mol. The number of carbonyl (C=O) groups is 1. The molecule has 2 amide bonds. The van der Waals surface area contributed by atoms with Crippen molar-refractivity contribution in [2.24, 2.45) is 0 Å². The number of urea groups is 1. The molecule has 1 heterocycles. The third-order valence-corrected chi connectivity index (χ3v) is 3.33. The van der Waals surface area contributed by atoms with Crippen LogP contribution in [0.4, 0.5) is 4.79 Å². The van der Waals surface area contributed by atoms with Crippen molar-refractivity contribution < 1.29 is 9.90 Å². The molecule has 22 heavy (non-hydrogen) atoms. The van der Waals surface area contributed by atoms with Crippen LogP contribution in [0.2, 0.25) is 0 Å². The summed E-state index contributed by atoms with van der Waals surface area (Å²) in [5.41, 5.74) is 1.97. The highest BCUT2D eigenvalue weighted by atomic mass is 16.3. The van der Waals surface area contributed by atoms with E-state index in [0.717, 1.165) is 17.7 Å². The molecule has 118 valence electrons. The SMILES string of the molecule is CCCC(O)CNC(=O)NCc1ccccc1-n1ccnc1. The maximum atomic E-state index is 11.8. The maximum Gasteiger partial charge on any atom is 0.315 e. The van der Waals surface area contributed by atoms with Gasteiger partial charge in [0.15, 0.2) is 0 Å². The second-order valence-electron chi connectivity index (χ2n) is 5.10. The zero-order valence-corrected chi connectivity index (χ0v) is 12.7. The molecule has 0 saturated heterocycles. The lowest BCUT2D eigenvalue weighted by Gasteiger charge is -2.13. The Morgan fingerprint density at radius 3 is 2.91 bits per heavy atom. The van der Waals surface area contributed by atoms with Crippen LogP contribution in [-0.2, 0) is 6.54 Å². The van der Waals surface area contributed by atoms with Crippen LogP contribution in [0.1, 0.15) is 25.3 Å². The van der Waals surface area contributed by atoms with E-state index >= 15 is 0 Å². The fraction of sp³-hybridized carbons (Fsp3) is 0.375. The molecule has 1 atom stereocenters. The minimum atomic E-state index is -0.492. The summed E-state index contributed by atoms with van der Waals surface area (Å²) in [6, 6.07) is 7.53. The minimum Gasteiger partial charge on any atom is -0.391 e. The molecule has 2 aromatic rings. The summed E-state index contributed by atoms with van der Waals surface area (Å²) in [5.74, 6) is 0. The van der Waals surface area contributed by atoms with Crippen LogP contribution in [0.25, 0.3) is 5.69 Å². The van der Waals surface area contributed by atoms with Gasteiger partial charge in [-0.1, -0.05) is 31.5 Å². The Balaban J connectivity index is 1.88. The standard InChI is InChI=1S/C16H22N4O2/c1-2-5-14(21)11-19-16(22)18-10-13-6-3-4-7-15(13)20-9-8-17-12-20/h3-4,6-9,12,14,21H,2,5,10-11H2,1H3,(H2,18,19,22). The fourth-order valence-corrected chi connectivity index (χ4v) is 2.20. The number of hydrogen-bond acceptors (Lipinski definition) is 3. The van der Waals surface area contributed by atoms with Gasteiger partial charge in [0.05, 0.1) is 18.1 Å². The molecule has 6 heteroatoms. The zero-order chi connectivity index (χ0) is 15.8. The molecule has 0 aliphatic carbocycles. The van der Waals surface area contributed by atoms with Crippen LogP contribution in [-0.4, -0.2) is 33.3 Å². The molecule has 1 aromatic heterocycles. The highest BCUT2D eigenvalue weighted by molar-refractivity contribution is 5.74. The van der Waals surface area contributed by atoms with Crippen LogP contribution in [0.15, 0.2) is 43.0 Å². The quantitative estimate of drug-likeness (QED) is 0.730. The minimum absolute atomic E-state index is 0.267. The predicted octanol–water partition coefficient (Wildman–Crippen LogP) is 1.83. The molecular formula is C16H22N4O2. The molecular weight excluding hydrogens is 280 g/mol. The molecule has 1 unspecified atom stereocenters. The topological polar surface area (TPSA) is 79.2 Å². The number of hydrogen-bond donors (Lipinski definition) is 3. The summed E-state index contributed by atoms with van der Waals surface area (Å²) in [6.45, 7) is 2.67. The number of aliphatic hydroxyl groups excluding tert-OH is 1. The average Bonchev–Trinajstić information content (AvgIpc) is 3.06. The van der Waals surface area contributed by atoms with E-state index in [2.05, 4.69) is 15.6 Å². The number of nitrogens with zero attached hydrogens (tertiary/aromatic N) is 2. The first-order valence-electron chi connectivity index (χ1n) is 7.46. The van der Waals surface area contributed by atoms with Gasteiger partial charge in [0.2, 0.25) is 0 Å². The second-order valence-corrected chi connectivity index (χ2v) is 5.10. The number of aliphatic hydroxyl groups is 1. The number of benzene rings is 1. The van der Waals surface area contributed by atoms with Gasteiger partial charge in [-0.15, -0.1) is 0 Å². The molecule has 0 aliphatic rings. The smallest absolute Gasteiger partial charge is 0.315 e. The van der Waals surface area contributed by atoms with Crippen molar-refractivity contribution in [3.8, 4) is 5.69 Å². The molecule has 0 bridgehead atoms. The highest BCUT2D eigenvalue weighted by Crippen LogP contribution is 2.13. The normalized spacial score (nSPS) is 11.9. The van der Waals surface area contributed by atoms with Gasteiger partial charge >= 0.3 is 6.03 Å². The third kappa shape index (κ3) is 4.60. The first-order valence-corrected chi connectivity index (χ1v) is 7.46. The number of nitrogens with one attached hydrogen (secondary N) is 2. The van der Waals surface area contributed by atoms with E-state index in [-0.39, 0.29) is 12.6 Å². The highest BCUT2D eigenvalue weighted by Gasteiger charge is 2.08. The van der Waals surface area contributed by atoms with Crippen LogP contribution >= 0.6 is 0 Å². The summed E-state index contributed by atoms with van der Waals surface area (Å²) in [7, 11) is 0. The van der Waals surface area contributed by atoms with Gasteiger partial charge in [0.1, 0.15) is 0 Å². The third-order valence-electron chi connectivity index (χ3n) is 3.33. The lowest BCUT2D eigenvalue weighted by Crippen LogP contribution is -2.39. The monoisotopic (exact) mass is 302 g/mol. The van der Waals surface area contributed by atoms with E-state index in [1.165, 1.54) is 0 Å². The van der Waals surface area contributed by atoms with Crippen molar-refractivity contribution in [2.45, 2.75) is 32.4 Å². The Hall–Kier alpha value is -2.34. The number of amides is 2. The van der Waals surface area contributed by atoms with Crippen LogP contribution in [0.5, 0.6) is 0 Å². The van der Waals surface area contributed by atoms with Crippen molar-refractivity contribution in [2.75, 3.05) is 6.54 Å². The van der Waals surface area contributed by atoms with Gasteiger partial charge in [-0.2, -0.15) is 0 Å². The van der Waals surface area contributed by atoms with E-state index in [4.69, 9.17) is 0 Å². The summed E-state index contributed by atoms with van der Waals surface area (Å²) in [4.78, 5) is 15.8. The van der Waals surface area contributed by atoms with E-state index in [9.17, 15) is 9.90 Å². The molecule has 3 N–H and O–H groups in total. The number of para-hydroxylation sites is 1. The first-order chi connectivity index (χ1) is 10.7. The van der Waals surface area contributed by atoms with Crippen molar-refractivity contribution >= 4 is 6.03 Å². The number of aromatic nitrogens is 2. The lowest BCUT2D eigenvalue weighted by atomic mass is 10.1. The number of rotatable bonds is 7. The van der Waals surface area contributed by atoms with E-state index in [1.807, 2.05) is 42.0 Å².